The van der Waals surface area contributed by atoms with Crippen LogP contribution in [0.4, 0.5) is 4.39 Å². The highest BCUT2D eigenvalue weighted by Gasteiger charge is 2.23. The zero-order valence-electron chi connectivity index (χ0n) is 17.7. The van der Waals surface area contributed by atoms with Crippen LogP contribution < -0.4 is 5.32 Å². The van der Waals surface area contributed by atoms with Gasteiger partial charge in [-0.25, -0.2) is 4.39 Å². The Bertz CT molecular complexity index is 646. The van der Waals surface area contributed by atoms with Crippen LogP contribution in [0.15, 0.2) is 23.2 Å². The number of piperidine rings is 1. The summed E-state index contributed by atoms with van der Waals surface area (Å²) in [6.45, 7) is 6.75. The number of aliphatic imine (C=N–C) groups is 1. The number of nitrogens with zero attached hydrogens (tertiary/aromatic N) is 2. The average Bonchev–Trinajstić information content (AvgIpc) is 2.75. The van der Waals surface area contributed by atoms with Gasteiger partial charge in [0.15, 0.2) is 5.96 Å². The maximum absolute atomic E-state index is 13.9. The fourth-order valence-corrected chi connectivity index (χ4v) is 4.14. The Morgan fingerprint density at radius 1 is 1.30 bits per heavy atom. The van der Waals surface area contributed by atoms with Crippen LogP contribution in [0, 0.1) is 5.82 Å². The van der Waals surface area contributed by atoms with Crippen molar-refractivity contribution in [1.82, 2.24) is 10.2 Å². The van der Waals surface area contributed by atoms with Gasteiger partial charge in [0, 0.05) is 43.4 Å². The van der Waals surface area contributed by atoms with Gasteiger partial charge in [-0.2, -0.15) is 0 Å². The van der Waals surface area contributed by atoms with Gasteiger partial charge in [0.25, 0.3) is 0 Å². The molecule has 2 saturated heterocycles. The van der Waals surface area contributed by atoms with E-state index in [4.69, 9.17) is 26.1 Å². The van der Waals surface area contributed by atoms with Crippen LogP contribution in [0.2, 0.25) is 5.02 Å². The van der Waals surface area contributed by atoms with Crippen LogP contribution in [0.25, 0.3) is 0 Å². The van der Waals surface area contributed by atoms with Gasteiger partial charge in [-0.1, -0.05) is 17.7 Å². The van der Waals surface area contributed by atoms with Crippen molar-refractivity contribution in [3.8, 4) is 0 Å². The van der Waals surface area contributed by atoms with Crippen LogP contribution in [0.5, 0.6) is 0 Å². The van der Waals surface area contributed by atoms with Crippen LogP contribution in [0.1, 0.15) is 44.6 Å². The third-order valence-corrected chi connectivity index (χ3v) is 5.91. The molecular formula is C22H34ClFIN3O2. The summed E-state index contributed by atoms with van der Waals surface area (Å²) < 4.78 is 25.8. The Hall–Kier alpha value is -0.640. The number of likely N-dealkylation sites (tertiary alicyclic amines) is 1. The molecule has 1 unspecified atom stereocenters. The number of nitrogens with one attached hydrogen (secondary N) is 1. The minimum atomic E-state index is -0.266. The molecule has 8 heteroatoms. The molecule has 2 heterocycles. The summed E-state index contributed by atoms with van der Waals surface area (Å²) in [5, 5.41) is 3.82. The Morgan fingerprint density at radius 2 is 2.10 bits per heavy atom. The molecule has 30 heavy (non-hydrogen) atoms. The van der Waals surface area contributed by atoms with E-state index < -0.39 is 0 Å². The van der Waals surface area contributed by atoms with E-state index in [0.29, 0.717) is 30.2 Å². The van der Waals surface area contributed by atoms with Crippen molar-refractivity contribution in [1.29, 1.82) is 0 Å². The molecule has 0 amide bonds. The minimum Gasteiger partial charge on any atom is -0.376 e. The molecule has 0 bridgehead atoms. The minimum absolute atomic E-state index is 0. The smallest absolute Gasteiger partial charge is 0.193 e. The van der Waals surface area contributed by atoms with E-state index in [0.717, 1.165) is 51.5 Å². The molecule has 2 aliphatic heterocycles. The van der Waals surface area contributed by atoms with E-state index in [1.165, 1.54) is 18.9 Å². The SMILES string of the molecule is CCNC(=NCCc1c(F)cccc1Cl)N1CCC(OCC2CCCCO2)CC1.I. The zero-order valence-corrected chi connectivity index (χ0v) is 20.8. The van der Waals surface area contributed by atoms with Crippen molar-refractivity contribution in [2.45, 2.75) is 57.7 Å². The van der Waals surface area contributed by atoms with E-state index in [9.17, 15) is 4.39 Å². The second-order valence-electron chi connectivity index (χ2n) is 7.69. The molecule has 5 nitrogen and oxygen atoms in total. The van der Waals surface area contributed by atoms with Crippen molar-refractivity contribution < 1.29 is 13.9 Å². The van der Waals surface area contributed by atoms with Crippen LogP contribution in [0.3, 0.4) is 0 Å². The number of benzene rings is 1. The van der Waals surface area contributed by atoms with Gasteiger partial charge < -0.3 is 19.7 Å². The zero-order chi connectivity index (χ0) is 20.5. The maximum atomic E-state index is 13.9. The Kier molecular flexibility index (Phi) is 11.7. The summed E-state index contributed by atoms with van der Waals surface area (Å²) in [7, 11) is 0. The van der Waals surface area contributed by atoms with Gasteiger partial charge >= 0.3 is 0 Å². The Labute approximate surface area is 201 Å². The largest absolute Gasteiger partial charge is 0.376 e. The summed E-state index contributed by atoms with van der Waals surface area (Å²) in [5.74, 6) is 0.617. The molecule has 1 atom stereocenters. The van der Waals surface area contributed by atoms with Crippen molar-refractivity contribution >= 4 is 41.5 Å². The number of halogens is 3. The Morgan fingerprint density at radius 3 is 2.77 bits per heavy atom. The molecule has 1 aromatic rings. The first kappa shape index (κ1) is 25.6. The standard InChI is InChI=1S/C22H33ClFN3O2.HI/c1-2-25-22(26-12-9-19-20(23)7-5-8-21(19)24)27-13-10-17(11-14-27)29-16-18-6-3-4-15-28-18;/h5,7-8,17-18H,2-4,6,9-16H2,1H3,(H,25,26);1H. The summed E-state index contributed by atoms with van der Waals surface area (Å²) in [5.41, 5.74) is 0.533. The quantitative estimate of drug-likeness (QED) is 0.303. The van der Waals surface area contributed by atoms with Crippen molar-refractivity contribution in [2.75, 3.05) is 39.4 Å². The van der Waals surface area contributed by atoms with E-state index >= 15 is 0 Å². The van der Waals surface area contributed by atoms with Crippen molar-refractivity contribution in [2.24, 2.45) is 4.99 Å². The van der Waals surface area contributed by atoms with Gasteiger partial charge in [-0.15, -0.1) is 24.0 Å². The number of hydrogen-bond donors (Lipinski definition) is 1. The van der Waals surface area contributed by atoms with Crippen LogP contribution >= 0.6 is 35.6 Å². The first-order chi connectivity index (χ1) is 14.2. The van der Waals surface area contributed by atoms with Gasteiger partial charge in [-0.05, 0) is 57.6 Å². The summed E-state index contributed by atoms with van der Waals surface area (Å²) in [4.78, 5) is 6.97. The first-order valence-electron chi connectivity index (χ1n) is 10.9. The summed E-state index contributed by atoms with van der Waals surface area (Å²) in [6, 6.07) is 4.79. The molecule has 3 rings (SSSR count). The highest BCUT2D eigenvalue weighted by atomic mass is 127. The van der Waals surface area contributed by atoms with Gasteiger partial charge in [0.1, 0.15) is 5.82 Å². The van der Waals surface area contributed by atoms with Crippen molar-refractivity contribution in [3.63, 3.8) is 0 Å². The second kappa shape index (κ2) is 13.7. The van der Waals surface area contributed by atoms with Gasteiger partial charge in [-0.3, -0.25) is 4.99 Å². The average molecular weight is 554 g/mol. The van der Waals surface area contributed by atoms with E-state index in [1.807, 2.05) is 0 Å². The Balaban J connectivity index is 0.00000320. The van der Waals surface area contributed by atoms with Crippen molar-refractivity contribution in [3.05, 3.63) is 34.6 Å². The summed E-state index contributed by atoms with van der Waals surface area (Å²) >= 11 is 6.12. The van der Waals surface area contributed by atoms with Gasteiger partial charge in [0.05, 0.1) is 18.8 Å². The fourth-order valence-electron chi connectivity index (χ4n) is 3.89. The normalized spacial score (nSPS) is 20.7. The van der Waals surface area contributed by atoms with E-state index in [1.54, 1.807) is 12.1 Å². The first-order valence-corrected chi connectivity index (χ1v) is 11.2. The summed E-state index contributed by atoms with van der Waals surface area (Å²) in [6.07, 6.45) is 6.54. The molecular weight excluding hydrogens is 520 g/mol. The lowest BCUT2D eigenvalue weighted by Crippen LogP contribution is -2.47. The molecule has 1 N–H and O–H groups in total. The predicted octanol–water partition coefficient (Wildman–Crippen LogP) is 4.66. The van der Waals surface area contributed by atoms with Gasteiger partial charge in [0.2, 0.25) is 0 Å². The lowest BCUT2D eigenvalue weighted by molar-refractivity contribution is -0.0721. The highest BCUT2D eigenvalue weighted by Crippen LogP contribution is 2.20. The molecule has 0 aromatic heterocycles. The maximum Gasteiger partial charge on any atom is 0.193 e. The third-order valence-electron chi connectivity index (χ3n) is 5.55. The topological polar surface area (TPSA) is 46.1 Å². The lowest BCUT2D eigenvalue weighted by atomic mass is 10.1. The number of guanidine groups is 1. The molecule has 1 aromatic carbocycles. The van der Waals surface area contributed by atoms with Crippen LogP contribution in [-0.4, -0.2) is 62.5 Å². The molecule has 0 radical (unpaired) electrons. The number of ether oxygens (including phenoxy) is 2. The van der Waals surface area contributed by atoms with E-state index in [2.05, 4.69) is 17.1 Å². The second-order valence-corrected chi connectivity index (χ2v) is 8.10. The molecule has 0 spiro atoms. The molecule has 2 aliphatic rings. The molecule has 170 valence electrons. The third kappa shape index (κ3) is 7.80. The predicted molar refractivity (Wildman–Crippen MR) is 131 cm³/mol. The molecule has 0 aliphatic carbocycles. The number of hydrogen-bond acceptors (Lipinski definition) is 3. The molecule has 2 fully saturated rings. The van der Waals surface area contributed by atoms with Crippen LogP contribution in [-0.2, 0) is 15.9 Å². The fraction of sp³-hybridized carbons (Fsp3) is 0.682. The van der Waals surface area contributed by atoms with E-state index in [-0.39, 0.29) is 42.0 Å². The number of rotatable bonds is 7. The lowest BCUT2D eigenvalue weighted by Gasteiger charge is -2.35. The highest BCUT2D eigenvalue weighted by molar-refractivity contribution is 14.0. The monoisotopic (exact) mass is 553 g/mol. The molecule has 0 saturated carbocycles.